The number of carboxylic acid groups (broad SMARTS) is 1. The minimum Gasteiger partial charge on any atom is -0.476 e. The number of anilines is 1. The molecule has 5 rings (SSSR count). The first-order chi connectivity index (χ1) is 9.62. The first-order valence-corrected chi connectivity index (χ1v) is 7.45. The standard InChI is InChI=1S/C15H19N3O2/c19-14(20)12-7-17-13(8-16-12)18-15-4-9-1-10(5-15)3-11(2-9)6-15/h7-11H,1-6H2,(H,17,18)(H,19,20). The molecule has 0 spiro atoms. The van der Waals surface area contributed by atoms with Gasteiger partial charge in [0, 0.05) is 5.54 Å². The van der Waals surface area contributed by atoms with Crippen LogP contribution in [-0.4, -0.2) is 26.6 Å². The largest absolute Gasteiger partial charge is 0.476 e. The van der Waals surface area contributed by atoms with Gasteiger partial charge in [0.1, 0.15) is 5.82 Å². The van der Waals surface area contributed by atoms with E-state index >= 15 is 0 Å². The molecule has 4 bridgehead atoms. The minimum absolute atomic E-state index is 0.000983. The van der Waals surface area contributed by atoms with Crippen molar-refractivity contribution in [2.24, 2.45) is 17.8 Å². The van der Waals surface area contributed by atoms with Gasteiger partial charge in [-0.1, -0.05) is 0 Å². The molecule has 0 aliphatic heterocycles. The number of aromatic carboxylic acids is 1. The number of carboxylic acids is 1. The summed E-state index contributed by atoms with van der Waals surface area (Å²) in [5.74, 6) is 2.32. The van der Waals surface area contributed by atoms with Crippen LogP contribution in [0.4, 0.5) is 5.82 Å². The van der Waals surface area contributed by atoms with E-state index in [2.05, 4.69) is 15.3 Å². The van der Waals surface area contributed by atoms with Gasteiger partial charge in [-0.25, -0.2) is 14.8 Å². The Morgan fingerprint density at radius 1 is 1.10 bits per heavy atom. The molecule has 106 valence electrons. The Morgan fingerprint density at radius 3 is 2.15 bits per heavy atom. The minimum atomic E-state index is -1.03. The molecular formula is C15H19N3O2. The fourth-order valence-corrected chi connectivity index (χ4v) is 5.04. The van der Waals surface area contributed by atoms with Gasteiger partial charge in [-0.15, -0.1) is 0 Å². The van der Waals surface area contributed by atoms with Gasteiger partial charge in [-0.2, -0.15) is 0 Å². The third kappa shape index (κ3) is 1.96. The van der Waals surface area contributed by atoms with Gasteiger partial charge in [-0.3, -0.25) is 0 Å². The van der Waals surface area contributed by atoms with E-state index in [4.69, 9.17) is 5.11 Å². The van der Waals surface area contributed by atoms with Crippen LogP contribution in [0.3, 0.4) is 0 Å². The highest BCUT2D eigenvalue weighted by molar-refractivity contribution is 5.84. The Morgan fingerprint density at radius 2 is 1.70 bits per heavy atom. The summed E-state index contributed by atoms with van der Waals surface area (Å²) < 4.78 is 0. The van der Waals surface area contributed by atoms with Gasteiger partial charge in [0.15, 0.2) is 5.69 Å². The molecule has 0 radical (unpaired) electrons. The molecule has 4 aliphatic carbocycles. The van der Waals surface area contributed by atoms with E-state index in [1.165, 1.54) is 44.7 Å². The molecule has 0 saturated heterocycles. The quantitative estimate of drug-likeness (QED) is 0.885. The second kappa shape index (κ2) is 4.17. The molecule has 1 aromatic heterocycles. The molecule has 2 N–H and O–H groups in total. The number of hydrogen-bond donors (Lipinski definition) is 2. The molecule has 4 aliphatic rings. The molecule has 1 aromatic rings. The zero-order valence-corrected chi connectivity index (χ0v) is 11.4. The van der Waals surface area contributed by atoms with E-state index < -0.39 is 5.97 Å². The smallest absolute Gasteiger partial charge is 0.356 e. The highest BCUT2D eigenvalue weighted by Gasteiger charge is 2.51. The predicted molar refractivity (Wildman–Crippen MR) is 73.5 cm³/mol. The summed E-state index contributed by atoms with van der Waals surface area (Å²) in [5, 5.41) is 12.4. The number of rotatable bonds is 3. The molecule has 1 heterocycles. The molecule has 0 amide bonds. The van der Waals surface area contributed by atoms with Crippen LogP contribution >= 0.6 is 0 Å². The van der Waals surface area contributed by atoms with Crippen molar-refractivity contribution in [3.05, 3.63) is 18.1 Å². The van der Waals surface area contributed by atoms with Crippen LogP contribution in [0.25, 0.3) is 0 Å². The Bertz CT molecular complexity index is 505. The van der Waals surface area contributed by atoms with Crippen LogP contribution < -0.4 is 5.32 Å². The molecular weight excluding hydrogens is 254 g/mol. The fraction of sp³-hybridized carbons (Fsp3) is 0.667. The third-order valence-corrected chi connectivity index (χ3v) is 5.30. The molecule has 0 unspecified atom stereocenters. The molecule has 4 fully saturated rings. The molecule has 4 saturated carbocycles. The summed E-state index contributed by atoms with van der Waals surface area (Å²) in [6, 6.07) is 0. The lowest BCUT2D eigenvalue weighted by atomic mass is 9.53. The number of hydrogen-bond acceptors (Lipinski definition) is 4. The summed E-state index contributed by atoms with van der Waals surface area (Å²) in [7, 11) is 0. The van der Waals surface area contributed by atoms with Gasteiger partial charge in [0.05, 0.1) is 12.4 Å². The number of carbonyl (C=O) groups is 1. The van der Waals surface area contributed by atoms with Gasteiger partial charge >= 0.3 is 5.97 Å². The highest BCUT2D eigenvalue weighted by Crippen LogP contribution is 2.56. The highest BCUT2D eigenvalue weighted by atomic mass is 16.4. The van der Waals surface area contributed by atoms with Crippen molar-refractivity contribution in [2.75, 3.05) is 5.32 Å². The first kappa shape index (κ1) is 12.1. The van der Waals surface area contributed by atoms with E-state index in [-0.39, 0.29) is 11.2 Å². The van der Waals surface area contributed by atoms with Crippen LogP contribution in [-0.2, 0) is 0 Å². The Hall–Kier alpha value is -1.65. The van der Waals surface area contributed by atoms with Crippen molar-refractivity contribution in [1.29, 1.82) is 0 Å². The second-order valence-corrected chi connectivity index (χ2v) is 6.91. The average Bonchev–Trinajstić information content (AvgIpc) is 2.37. The summed E-state index contributed by atoms with van der Waals surface area (Å²) in [6.07, 6.45) is 10.8. The van der Waals surface area contributed by atoms with Gasteiger partial charge in [0.25, 0.3) is 0 Å². The molecule has 5 nitrogen and oxygen atoms in total. The van der Waals surface area contributed by atoms with E-state index in [1.807, 2.05) is 0 Å². The summed E-state index contributed by atoms with van der Waals surface area (Å²) >= 11 is 0. The van der Waals surface area contributed by atoms with E-state index in [9.17, 15) is 4.79 Å². The van der Waals surface area contributed by atoms with Crippen LogP contribution in [0, 0.1) is 17.8 Å². The van der Waals surface area contributed by atoms with Crippen molar-refractivity contribution in [3.8, 4) is 0 Å². The Kier molecular flexibility index (Phi) is 2.53. The SMILES string of the molecule is O=C(O)c1cnc(NC23CC4CC(CC(C4)C2)C3)cn1. The van der Waals surface area contributed by atoms with Crippen LogP contribution in [0.1, 0.15) is 49.0 Å². The monoisotopic (exact) mass is 273 g/mol. The predicted octanol–water partition coefficient (Wildman–Crippen LogP) is 2.56. The summed E-state index contributed by atoms with van der Waals surface area (Å²) in [4.78, 5) is 19.0. The second-order valence-electron chi connectivity index (χ2n) is 6.91. The first-order valence-electron chi connectivity index (χ1n) is 7.45. The van der Waals surface area contributed by atoms with Crippen molar-refractivity contribution >= 4 is 11.8 Å². The van der Waals surface area contributed by atoms with Crippen LogP contribution in [0.2, 0.25) is 0 Å². The molecule has 5 heteroatoms. The summed E-state index contributed by atoms with van der Waals surface area (Å²) in [5.41, 5.74) is 0.190. The van der Waals surface area contributed by atoms with Crippen LogP contribution in [0.5, 0.6) is 0 Å². The molecule has 0 atom stereocenters. The molecule has 0 aromatic carbocycles. The number of nitrogens with zero attached hydrogens (tertiary/aromatic N) is 2. The van der Waals surface area contributed by atoms with Gasteiger partial charge in [-0.05, 0) is 56.3 Å². The lowest BCUT2D eigenvalue weighted by Gasteiger charge is -2.57. The Labute approximate surface area is 117 Å². The maximum atomic E-state index is 10.8. The van der Waals surface area contributed by atoms with E-state index in [0.717, 1.165) is 23.6 Å². The normalized spacial score (nSPS) is 37.9. The van der Waals surface area contributed by atoms with Gasteiger partial charge in [0.2, 0.25) is 0 Å². The topological polar surface area (TPSA) is 75.1 Å². The third-order valence-electron chi connectivity index (χ3n) is 5.30. The lowest BCUT2D eigenvalue weighted by molar-refractivity contribution is 0.0105. The van der Waals surface area contributed by atoms with Crippen molar-refractivity contribution in [1.82, 2.24) is 9.97 Å². The van der Waals surface area contributed by atoms with Crippen LogP contribution in [0.15, 0.2) is 12.4 Å². The van der Waals surface area contributed by atoms with E-state index in [0.29, 0.717) is 0 Å². The number of nitrogens with one attached hydrogen (secondary N) is 1. The number of aromatic nitrogens is 2. The lowest BCUT2D eigenvalue weighted by Crippen LogP contribution is -2.54. The Balaban J connectivity index is 1.55. The molecule has 20 heavy (non-hydrogen) atoms. The average molecular weight is 273 g/mol. The van der Waals surface area contributed by atoms with Crippen molar-refractivity contribution in [3.63, 3.8) is 0 Å². The maximum Gasteiger partial charge on any atom is 0.356 e. The fourth-order valence-electron chi connectivity index (χ4n) is 5.04. The zero-order valence-electron chi connectivity index (χ0n) is 11.4. The maximum absolute atomic E-state index is 10.8. The van der Waals surface area contributed by atoms with Crippen molar-refractivity contribution in [2.45, 2.75) is 44.1 Å². The van der Waals surface area contributed by atoms with Crippen molar-refractivity contribution < 1.29 is 9.90 Å². The van der Waals surface area contributed by atoms with E-state index in [1.54, 1.807) is 6.20 Å². The summed E-state index contributed by atoms with van der Waals surface area (Å²) in [6.45, 7) is 0. The zero-order chi connectivity index (χ0) is 13.7. The van der Waals surface area contributed by atoms with Gasteiger partial charge < -0.3 is 10.4 Å².